The SMILES string of the molecule is C[C@@H]1CC[C@H]2C(CSSCC3=C(C(F)(F)F)O[C@@H]4O[C@]5(C)CCC6[C@H](C)CC[C@@H]3[C@]64OO5)=C(C(F)(F)F)O[C@@H]3O[C@]4(C)CCC1[C@]32OO4. The lowest BCUT2D eigenvalue weighted by Gasteiger charge is -2.57. The molecule has 16 heteroatoms. The number of alkyl halides is 6. The molecule has 10 aliphatic rings. The van der Waals surface area contributed by atoms with E-state index in [-0.39, 0.29) is 46.3 Å². The highest BCUT2D eigenvalue weighted by molar-refractivity contribution is 8.76. The van der Waals surface area contributed by atoms with Crippen LogP contribution in [0.2, 0.25) is 0 Å². The molecule has 0 radical (unpaired) electrons. The van der Waals surface area contributed by atoms with Crippen LogP contribution in [-0.4, -0.2) is 59.2 Å². The van der Waals surface area contributed by atoms with Gasteiger partial charge in [0.05, 0.1) is 0 Å². The second-order valence-corrected chi connectivity index (χ2v) is 17.6. The molecular formula is C32H40F6O8S2. The summed E-state index contributed by atoms with van der Waals surface area (Å²) >= 11 is 0. The largest absolute Gasteiger partial charge is 0.456 e. The first-order chi connectivity index (χ1) is 22.5. The molecule has 6 saturated heterocycles. The fourth-order valence-electron chi connectivity index (χ4n) is 10.0. The van der Waals surface area contributed by atoms with Crippen LogP contribution < -0.4 is 0 Å². The summed E-state index contributed by atoms with van der Waals surface area (Å²) in [5.41, 5.74) is -2.50. The van der Waals surface area contributed by atoms with Crippen molar-refractivity contribution in [2.24, 2.45) is 35.5 Å². The van der Waals surface area contributed by atoms with Gasteiger partial charge in [-0.2, -0.15) is 26.3 Å². The first-order valence-electron chi connectivity index (χ1n) is 16.8. The van der Waals surface area contributed by atoms with Crippen molar-refractivity contribution in [2.75, 3.05) is 11.5 Å². The van der Waals surface area contributed by atoms with E-state index in [1.165, 1.54) is 0 Å². The Hall–Kier alpha value is -0.880. The van der Waals surface area contributed by atoms with Gasteiger partial charge < -0.3 is 18.9 Å². The minimum absolute atomic E-state index is 0.0152. The van der Waals surface area contributed by atoms with Crippen molar-refractivity contribution < 1.29 is 64.8 Å². The van der Waals surface area contributed by atoms with Crippen molar-refractivity contribution in [3.63, 3.8) is 0 Å². The predicted octanol–water partition coefficient (Wildman–Crippen LogP) is 8.49. The number of fused-ring (bicyclic) bond motifs is 4. The summed E-state index contributed by atoms with van der Waals surface area (Å²) in [6.45, 7) is 7.40. The van der Waals surface area contributed by atoms with Crippen molar-refractivity contribution >= 4 is 21.6 Å². The second kappa shape index (κ2) is 11.3. The summed E-state index contributed by atoms with van der Waals surface area (Å²) in [6.07, 6.45) is -7.89. The van der Waals surface area contributed by atoms with Crippen molar-refractivity contribution in [3.05, 3.63) is 22.7 Å². The Balaban J connectivity index is 1.09. The summed E-state index contributed by atoms with van der Waals surface area (Å²) in [7, 11) is 2.12. The van der Waals surface area contributed by atoms with Gasteiger partial charge in [-0.1, -0.05) is 35.4 Å². The fraction of sp³-hybridized carbons (Fsp3) is 0.875. The summed E-state index contributed by atoms with van der Waals surface area (Å²) in [6, 6.07) is 0. The Kier molecular flexibility index (Phi) is 8.06. The van der Waals surface area contributed by atoms with Gasteiger partial charge in [0.1, 0.15) is 0 Å². The quantitative estimate of drug-likeness (QED) is 0.119. The second-order valence-electron chi connectivity index (χ2n) is 15.2. The van der Waals surface area contributed by atoms with Crippen molar-refractivity contribution in [1.29, 1.82) is 0 Å². The smallest absolute Gasteiger partial charge is 0.449 e. The maximum Gasteiger partial charge on any atom is 0.449 e. The standard InChI is InChI=1S/C32H40F6O8S2/c1-15-5-7-21-17(23(31(33,34)35)39-25-29(21)19(15)9-11-27(3,41-25)43-45-29)13-47-48-14-18-22-8-6-16(2)20-10-12-28(4)42-26(30(20,22)46-44-28)40-24(18)32(36,37)38/h15-16,19-22,25-26H,5-14H2,1-4H3/t15-,16-,19?,20?,21+,22+,25-,26-,27+,28+,29-,30-/m1/s1. The number of hydrogen-bond donors (Lipinski definition) is 0. The lowest BCUT2D eigenvalue weighted by Crippen LogP contribution is -2.67. The average Bonchev–Trinajstić information content (AvgIpc) is 3.38. The van der Waals surface area contributed by atoms with Crippen molar-refractivity contribution in [2.45, 2.75) is 127 Å². The average molecular weight is 731 g/mol. The highest BCUT2D eigenvalue weighted by Gasteiger charge is 2.72. The van der Waals surface area contributed by atoms with E-state index in [0.29, 0.717) is 51.4 Å². The van der Waals surface area contributed by atoms with Crippen LogP contribution in [0.25, 0.3) is 0 Å². The summed E-state index contributed by atoms with van der Waals surface area (Å²) < 4.78 is 111. The van der Waals surface area contributed by atoms with Gasteiger partial charge in [-0.05, 0) is 75.4 Å². The monoisotopic (exact) mass is 730 g/mol. The van der Waals surface area contributed by atoms with Crippen LogP contribution in [0, 0.1) is 35.5 Å². The van der Waals surface area contributed by atoms with Crippen LogP contribution in [0.1, 0.15) is 79.1 Å². The Labute approximate surface area is 282 Å². The Morgan fingerprint density at radius 3 is 1.38 bits per heavy atom. The van der Waals surface area contributed by atoms with Gasteiger partial charge in [0.2, 0.25) is 35.7 Å². The van der Waals surface area contributed by atoms with E-state index in [9.17, 15) is 26.3 Å². The molecule has 10 rings (SSSR count). The van der Waals surface area contributed by atoms with Gasteiger partial charge >= 0.3 is 12.4 Å². The van der Waals surface area contributed by atoms with E-state index in [1.54, 1.807) is 13.8 Å². The molecule has 8 fully saturated rings. The zero-order valence-electron chi connectivity index (χ0n) is 27.0. The Bertz CT molecular complexity index is 1290. The van der Waals surface area contributed by atoms with E-state index in [4.69, 9.17) is 38.5 Å². The summed E-state index contributed by atoms with van der Waals surface area (Å²) in [4.78, 5) is 23.6. The van der Waals surface area contributed by atoms with Crippen molar-refractivity contribution in [3.8, 4) is 0 Å². The lowest BCUT2D eigenvalue weighted by molar-refractivity contribution is -0.557. The Morgan fingerprint density at radius 2 is 1.00 bits per heavy atom. The van der Waals surface area contributed by atoms with Crippen LogP contribution in [0.15, 0.2) is 22.7 Å². The molecule has 0 N–H and O–H groups in total. The van der Waals surface area contributed by atoms with Gasteiger partial charge in [0.25, 0.3) is 0 Å². The fourth-order valence-corrected chi connectivity index (χ4v) is 12.4. The number of ether oxygens (including phenoxy) is 4. The van der Waals surface area contributed by atoms with Crippen LogP contribution in [0.3, 0.4) is 0 Å². The zero-order valence-corrected chi connectivity index (χ0v) is 28.7. The summed E-state index contributed by atoms with van der Waals surface area (Å²) in [5.74, 6) is -6.45. The highest BCUT2D eigenvalue weighted by atomic mass is 33.1. The molecule has 12 atom stereocenters. The van der Waals surface area contributed by atoms with E-state index in [1.807, 2.05) is 0 Å². The third-order valence-corrected chi connectivity index (χ3v) is 14.6. The maximum atomic E-state index is 14.6. The molecule has 8 nitrogen and oxygen atoms in total. The van der Waals surface area contributed by atoms with E-state index >= 15 is 0 Å². The minimum atomic E-state index is -4.81. The number of rotatable bonds is 5. The van der Waals surface area contributed by atoms with Crippen LogP contribution in [-0.2, 0) is 38.5 Å². The van der Waals surface area contributed by atoms with E-state index < -0.39 is 71.1 Å². The van der Waals surface area contributed by atoms with Crippen molar-refractivity contribution in [1.82, 2.24) is 0 Å². The number of allylic oxidation sites excluding steroid dienone is 2. The van der Waals surface area contributed by atoms with Crippen LogP contribution >= 0.6 is 21.6 Å². The minimum Gasteiger partial charge on any atom is -0.456 e. The highest BCUT2D eigenvalue weighted by Crippen LogP contribution is 2.64. The zero-order chi connectivity index (χ0) is 34.1. The van der Waals surface area contributed by atoms with Gasteiger partial charge in [0, 0.05) is 48.0 Å². The molecule has 48 heavy (non-hydrogen) atoms. The third-order valence-electron chi connectivity index (χ3n) is 12.3. The summed E-state index contributed by atoms with van der Waals surface area (Å²) in [5, 5.41) is 0. The van der Waals surface area contributed by atoms with E-state index in [2.05, 4.69) is 13.8 Å². The number of halogens is 6. The van der Waals surface area contributed by atoms with Gasteiger partial charge in [0.15, 0.2) is 11.2 Å². The molecule has 2 unspecified atom stereocenters. The molecule has 2 spiro atoms. The van der Waals surface area contributed by atoms with Crippen LogP contribution in [0.5, 0.6) is 0 Å². The molecule has 0 amide bonds. The first kappa shape index (κ1) is 34.2. The molecule has 0 aromatic heterocycles. The molecule has 8 heterocycles. The Morgan fingerprint density at radius 1 is 0.604 bits per heavy atom. The first-order valence-corrected chi connectivity index (χ1v) is 19.3. The van der Waals surface area contributed by atoms with Crippen LogP contribution in [0.4, 0.5) is 26.3 Å². The topological polar surface area (TPSA) is 73.8 Å². The number of hydrogen-bond acceptors (Lipinski definition) is 10. The van der Waals surface area contributed by atoms with E-state index in [0.717, 1.165) is 21.6 Å². The molecule has 0 aromatic rings. The maximum absolute atomic E-state index is 14.6. The third kappa shape index (κ3) is 5.03. The van der Waals surface area contributed by atoms with Gasteiger partial charge in [-0.3, -0.25) is 0 Å². The normalized spacial score (nSPS) is 48.3. The predicted molar refractivity (Wildman–Crippen MR) is 159 cm³/mol. The molecular weight excluding hydrogens is 690 g/mol. The molecule has 2 aliphatic carbocycles. The molecule has 8 aliphatic heterocycles. The molecule has 0 aromatic carbocycles. The molecule has 4 bridgehead atoms. The molecule has 2 saturated carbocycles. The van der Waals surface area contributed by atoms with Gasteiger partial charge in [-0.15, -0.1) is 0 Å². The molecule has 270 valence electrons. The lowest BCUT2D eigenvalue weighted by atomic mass is 9.59. The van der Waals surface area contributed by atoms with Gasteiger partial charge in [-0.25, -0.2) is 19.6 Å².